The van der Waals surface area contributed by atoms with E-state index in [0.29, 0.717) is 17.9 Å². The smallest absolute Gasteiger partial charge is 0.101 e. The SMILES string of the molecule is C=COCC(CC)CC(CC)C(CCCC)OC=C. The van der Waals surface area contributed by atoms with Gasteiger partial charge in [-0.3, -0.25) is 0 Å². The van der Waals surface area contributed by atoms with Crippen molar-refractivity contribution in [2.45, 2.75) is 65.4 Å². The van der Waals surface area contributed by atoms with E-state index in [0.717, 1.165) is 32.3 Å². The summed E-state index contributed by atoms with van der Waals surface area (Å²) in [5.41, 5.74) is 0. The van der Waals surface area contributed by atoms with Crippen molar-refractivity contribution in [3.8, 4) is 0 Å². The van der Waals surface area contributed by atoms with E-state index < -0.39 is 0 Å². The molecule has 0 aromatic heterocycles. The van der Waals surface area contributed by atoms with Crippen LogP contribution in [0.15, 0.2) is 25.7 Å². The highest BCUT2D eigenvalue weighted by Crippen LogP contribution is 2.27. The normalized spacial score (nSPS) is 15.3. The molecule has 3 atom stereocenters. The number of rotatable bonds is 13. The van der Waals surface area contributed by atoms with Gasteiger partial charge in [0.25, 0.3) is 0 Å². The van der Waals surface area contributed by atoms with Crippen molar-refractivity contribution in [2.75, 3.05) is 6.61 Å². The van der Waals surface area contributed by atoms with Gasteiger partial charge in [-0.05, 0) is 31.1 Å². The van der Waals surface area contributed by atoms with Crippen LogP contribution in [-0.4, -0.2) is 12.7 Å². The van der Waals surface area contributed by atoms with E-state index in [9.17, 15) is 0 Å². The molecule has 0 bridgehead atoms. The molecule has 0 fully saturated rings. The lowest BCUT2D eigenvalue weighted by atomic mass is 9.85. The minimum absolute atomic E-state index is 0.306. The molecule has 0 heterocycles. The first-order valence-electron chi connectivity index (χ1n) is 7.72. The number of hydrogen-bond acceptors (Lipinski definition) is 2. The summed E-state index contributed by atoms with van der Waals surface area (Å²) in [5.74, 6) is 1.17. The summed E-state index contributed by atoms with van der Waals surface area (Å²) in [5, 5.41) is 0. The minimum atomic E-state index is 0.306. The molecular formula is C17H32O2. The van der Waals surface area contributed by atoms with Crippen LogP contribution in [0.4, 0.5) is 0 Å². The fraction of sp³-hybridized carbons (Fsp3) is 0.765. The van der Waals surface area contributed by atoms with E-state index in [1.807, 2.05) is 0 Å². The third-order valence-electron chi connectivity index (χ3n) is 3.83. The summed E-state index contributed by atoms with van der Waals surface area (Å²) >= 11 is 0. The zero-order valence-corrected chi connectivity index (χ0v) is 13.1. The second kappa shape index (κ2) is 12.1. The molecule has 2 nitrogen and oxygen atoms in total. The molecule has 0 rings (SSSR count). The number of hydrogen-bond donors (Lipinski definition) is 0. The first-order valence-corrected chi connectivity index (χ1v) is 7.72. The van der Waals surface area contributed by atoms with E-state index in [1.165, 1.54) is 12.8 Å². The summed E-state index contributed by atoms with van der Waals surface area (Å²) in [6.07, 6.45) is 10.4. The summed E-state index contributed by atoms with van der Waals surface area (Å²) in [7, 11) is 0. The zero-order valence-electron chi connectivity index (χ0n) is 13.1. The first-order chi connectivity index (χ1) is 9.23. The Morgan fingerprint density at radius 3 is 2.26 bits per heavy atom. The van der Waals surface area contributed by atoms with Crippen LogP contribution >= 0.6 is 0 Å². The Kier molecular flexibility index (Phi) is 11.5. The molecule has 0 radical (unpaired) electrons. The Morgan fingerprint density at radius 1 is 1.05 bits per heavy atom. The summed E-state index contributed by atoms with van der Waals surface area (Å²) in [6, 6.07) is 0. The first kappa shape index (κ1) is 18.1. The van der Waals surface area contributed by atoms with Gasteiger partial charge in [0.2, 0.25) is 0 Å². The highest BCUT2D eigenvalue weighted by Gasteiger charge is 2.23. The molecule has 2 heteroatoms. The molecule has 0 N–H and O–H groups in total. The molecule has 19 heavy (non-hydrogen) atoms. The zero-order chi connectivity index (χ0) is 14.5. The minimum Gasteiger partial charge on any atom is -0.502 e. The second-order valence-electron chi connectivity index (χ2n) is 5.16. The van der Waals surface area contributed by atoms with E-state index in [2.05, 4.69) is 33.9 Å². The van der Waals surface area contributed by atoms with Gasteiger partial charge >= 0.3 is 0 Å². The quantitative estimate of drug-likeness (QED) is 0.421. The van der Waals surface area contributed by atoms with Crippen molar-refractivity contribution >= 4 is 0 Å². The van der Waals surface area contributed by atoms with Gasteiger partial charge in [0.05, 0.1) is 19.1 Å². The molecule has 0 aromatic rings. The second-order valence-corrected chi connectivity index (χ2v) is 5.16. The Bertz CT molecular complexity index is 225. The van der Waals surface area contributed by atoms with Crippen LogP contribution in [0.25, 0.3) is 0 Å². The average Bonchev–Trinajstić information content (AvgIpc) is 2.44. The summed E-state index contributed by atoms with van der Waals surface area (Å²) < 4.78 is 11.1. The van der Waals surface area contributed by atoms with Crippen molar-refractivity contribution < 1.29 is 9.47 Å². The molecule has 3 unspecified atom stereocenters. The van der Waals surface area contributed by atoms with Gasteiger partial charge in [-0.1, -0.05) is 53.2 Å². The van der Waals surface area contributed by atoms with Crippen LogP contribution in [0, 0.1) is 11.8 Å². The van der Waals surface area contributed by atoms with Gasteiger partial charge in [-0.2, -0.15) is 0 Å². The molecule has 0 saturated carbocycles. The monoisotopic (exact) mass is 268 g/mol. The number of ether oxygens (including phenoxy) is 2. The Hall–Kier alpha value is -0.920. The molecule has 0 aliphatic rings. The standard InChI is InChI=1S/C17H32O2/c1-6-11-12-17(19-10-5)16(8-3)13-15(7-2)14-18-9-4/h9-10,15-17H,4-8,11-14H2,1-3H3. The van der Waals surface area contributed by atoms with E-state index in [1.54, 1.807) is 12.5 Å². The van der Waals surface area contributed by atoms with Gasteiger partial charge in [0.1, 0.15) is 6.10 Å². The van der Waals surface area contributed by atoms with Gasteiger partial charge in [0, 0.05) is 0 Å². The van der Waals surface area contributed by atoms with E-state index in [-0.39, 0.29) is 0 Å². The maximum atomic E-state index is 5.75. The van der Waals surface area contributed by atoms with Crippen molar-refractivity contribution in [3.05, 3.63) is 25.7 Å². The van der Waals surface area contributed by atoms with Gasteiger partial charge < -0.3 is 9.47 Å². The molecule has 0 aliphatic heterocycles. The maximum Gasteiger partial charge on any atom is 0.101 e. The third kappa shape index (κ3) is 7.97. The lowest BCUT2D eigenvalue weighted by Crippen LogP contribution is -2.25. The topological polar surface area (TPSA) is 18.5 Å². The molecular weight excluding hydrogens is 236 g/mol. The van der Waals surface area contributed by atoms with E-state index in [4.69, 9.17) is 9.47 Å². The van der Waals surface area contributed by atoms with Gasteiger partial charge in [-0.25, -0.2) is 0 Å². The molecule has 112 valence electrons. The predicted molar refractivity (Wildman–Crippen MR) is 82.9 cm³/mol. The van der Waals surface area contributed by atoms with Crippen LogP contribution in [0.2, 0.25) is 0 Å². The van der Waals surface area contributed by atoms with Crippen LogP contribution in [0.1, 0.15) is 59.3 Å². The predicted octanol–water partition coefficient (Wildman–Crippen LogP) is 5.31. The highest BCUT2D eigenvalue weighted by molar-refractivity contribution is 4.75. The molecule has 0 aliphatic carbocycles. The van der Waals surface area contributed by atoms with Crippen molar-refractivity contribution in [2.24, 2.45) is 11.8 Å². The average molecular weight is 268 g/mol. The van der Waals surface area contributed by atoms with Gasteiger partial charge in [0.15, 0.2) is 0 Å². The Balaban J connectivity index is 4.44. The molecule has 0 aromatic carbocycles. The summed E-state index contributed by atoms with van der Waals surface area (Å²) in [4.78, 5) is 0. The van der Waals surface area contributed by atoms with Crippen LogP contribution in [0.3, 0.4) is 0 Å². The van der Waals surface area contributed by atoms with E-state index >= 15 is 0 Å². The fourth-order valence-electron chi connectivity index (χ4n) is 2.51. The highest BCUT2D eigenvalue weighted by atomic mass is 16.5. The third-order valence-corrected chi connectivity index (χ3v) is 3.83. The fourth-order valence-corrected chi connectivity index (χ4v) is 2.51. The van der Waals surface area contributed by atoms with Crippen molar-refractivity contribution in [3.63, 3.8) is 0 Å². The van der Waals surface area contributed by atoms with Crippen LogP contribution in [0.5, 0.6) is 0 Å². The lowest BCUT2D eigenvalue weighted by Gasteiger charge is -2.28. The Labute approximate surface area is 119 Å². The van der Waals surface area contributed by atoms with Gasteiger partial charge in [-0.15, -0.1) is 0 Å². The maximum absolute atomic E-state index is 5.75. The largest absolute Gasteiger partial charge is 0.502 e. The molecule has 0 spiro atoms. The summed E-state index contributed by atoms with van der Waals surface area (Å²) in [6.45, 7) is 14.8. The molecule has 0 saturated heterocycles. The molecule has 0 amide bonds. The van der Waals surface area contributed by atoms with Crippen LogP contribution in [-0.2, 0) is 9.47 Å². The lowest BCUT2D eigenvalue weighted by molar-refractivity contribution is 0.0533. The van der Waals surface area contributed by atoms with Crippen molar-refractivity contribution in [1.29, 1.82) is 0 Å². The van der Waals surface area contributed by atoms with Crippen molar-refractivity contribution in [1.82, 2.24) is 0 Å². The Morgan fingerprint density at radius 2 is 1.79 bits per heavy atom. The number of unbranched alkanes of at least 4 members (excludes halogenated alkanes) is 1. The van der Waals surface area contributed by atoms with Crippen LogP contribution < -0.4 is 0 Å².